The number of hydrogen-bond donors (Lipinski definition) is 1. The van der Waals surface area contributed by atoms with E-state index in [0.717, 1.165) is 24.0 Å². The van der Waals surface area contributed by atoms with Gasteiger partial charge in [0.25, 0.3) is 0 Å². The van der Waals surface area contributed by atoms with Crippen molar-refractivity contribution in [1.82, 2.24) is 4.57 Å². The molecule has 172 valence electrons. The van der Waals surface area contributed by atoms with Gasteiger partial charge in [0, 0.05) is 22.8 Å². The van der Waals surface area contributed by atoms with Crippen LogP contribution in [0, 0.1) is 5.82 Å². The molecule has 0 aliphatic heterocycles. The molecule has 4 aromatic rings. The summed E-state index contributed by atoms with van der Waals surface area (Å²) in [6.07, 6.45) is 3.04. The highest BCUT2D eigenvalue weighted by Gasteiger charge is 2.18. The van der Waals surface area contributed by atoms with Gasteiger partial charge in [0.1, 0.15) is 12.4 Å². The Morgan fingerprint density at radius 1 is 0.882 bits per heavy atom. The number of rotatable bonds is 7. The lowest BCUT2D eigenvalue weighted by atomic mass is 9.99. The van der Waals surface area contributed by atoms with Gasteiger partial charge in [-0.05, 0) is 60.4 Å². The highest BCUT2D eigenvalue weighted by atomic mass is 19.1. The van der Waals surface area contributed by atoms with Gasteiger partial charge >= 0.3 is 0 Å². The van der Waals surface area contributed by atoms with E-state index in [9.17, 15) is 18.8 Å². The average Bonchev–Trinajstić information content (AvgIpc) is 2.86. The maximum absolute atomic E-state index is 13.3. The summed E-state index contributed by atoms with van der Waals surface area (Å²) in [5.41, 5.74) is 3.15. The summed E-state index contributed by atoms with van der Waals surface area (Å²) in [5, 5.41) is 3.12. The van der Waals surface area contributed by atoms with Crippen molar-refractivity contribution >= 4 is 28.3 Å². The SMILES string of the molecule is CCc1ccc(C(=O)c2cn(CC(=O)Nc3ccc(F)cc3)c3ccc(CC)cc3c2=O)cc1. The number of pyridine rings is 1. The zero-order valence-electron chi connectivity index (χ0n) is 19.1. The van der Waals surface area contributed by atoms with Gasteiger partial charge in [-0.1, -0.05) is 44.2 Å². The number of ketones is 1. The Labute approximate surface area is 196 Å². The smallest absolute Gasteiger partial charge is 0.244 e. The topological polar surface area (TPSA) is 68.2 Å². The van der Waals surface area contributed by atoms with Crippen LogP contribution in [0.5, 0.6) is 0 Å². The van der Waals surface area contributed by atoms with E-state index in [4.69, 9.17) is 0 Å². The minimum atomic E-state index is -0.397. The molecular weight excluding hydrogens is 431 g/mol. The number of benzene rings is 3. The Kier molecular flexibility index (Phi) is 6.68. The van der Waals surface area contributed by atoms with E-state index in [2.05, 4.69) is 5.32 Å². The molecule has 5 nitrogen and oxygen atoms in total. The van der Waals surface area contributed by atoms with Crippen molar-refractivity contribution in [3.8, 4) is 0 Å². The second-order valence-electron chi connectivity index (χ2n) is 8.14. The molecule has 0 fully saturated rings. The van der Waals surface area contributed by atoms with E-state index in [1.807, 2.05) is 32.0 Å². The van der Waals surface area contributed by atoms with E-state index in [0.29, 0.717) is 22.2 Å². The molecule has 6 heteroatoms. The summed E-state index contributed by atoms with van der Waals surface area (Å²) in [4.78, 5) is 39.4. The second kappa shape index (κ2) is 9.83. The largest absolute Gasteiger partial charge is 0.337 e. The molecule has 0 bridgehead atoms. The number of hydrogen-bond acceptors (Lipinski definition) is 3. The third-order valence-corrected chi connectivity index (χ3v) is 5.86. The van der Waals surface area contributed by atoms with Crippen LogP contribution in [-0.4, -0.2) is 16.3 Å². The zero-order valence-corrected chi connectivity index (χ0v) is 19.1. The van der Waals surface area contributed by atoms with Crippen molar-refractivity contribution in [2.45, 2.75) is 33.2 Å². The Morgan fingerprint density at radius 2 is 1.53 bits per heavy atom. The first kappa shape index (κ1) is 23.1. The van der Waals surface area contributed by atoms with Gasteiger partial charge in [-0.25, -0.2) is 4.39 Å². The van der Waals surface area contributed by atoms with Crippen molar-refractivity contribution in [2.75, 3.05) is 5.32 Å². The zero-order chi connectivity index (χ0) is 24.2. The standard InChI is InChI=1S/C28H25FN2O3/c1-3-18-5-8-20(9-6-18)27(33)24-16-31(17-26(32)30-22-12-10-21(29)11-13-22)25-14-7-19(4-2)15-23(25)28(24)34/h5-16H,3-4,17H2,1-2H3,(H,30,32). The highest BCUT2D eigenvalue weighted by Crippen LogP contribution is 2.18. The number of carbonyl (C=O) groups is 2. The molecule has 1 heterocycles. The number of carbonyl (C=O) groups excluding carboxylic acids is 2. The van der Waals surface area contributed by atoms with E-state index in [-0.39, 0.29) is 29.2 Å². The number of nitrogens with one attached hydrogen (secondary N) is 1. The lowest BCUT2D eigenvalue weighted by molar-refractivity contribution is -0.116. The van der Waals surface area contributed by atoms with Gasteiger partial charge in [0.2, 0.25) is 11.3 Å². The van der Waals surface area contributed by atoms with Gasteiger partial charge in [-0.3, -0.25) is 14.4 Å². The Balaban J connectivity index is 1.76. The quantitative estimate of drug-likeness (QED) is 0.392. The van der Waals surface area contributed by atoms with Crippen LogP contribution in [0.15, 0.2) is 77.7 Å². The van der Waals surface area contributed by atoms with E-state index in [1.54, 1.807) is 28.8 Å². The number of amides is 1. The summed E-state index contributed by atoms with van der Waals surface area (Å²) in [6.45, 7) is 3.90. The molecule has 0 saturated carbocycles. The number of halogens is 1. The lowest BCUT2D eigenvalue weighted by Gasteiger charge is -2.14. The maximum Gasteiger partial charge on any atom is 0.244 e. The number of anilines is 1. The van der Waals surface area contributed by atoms with Crippen molar-refractivity contribution < 1.29 is 14.0 Å². The maximum atomic E-state index is 13.3. The molecule has 0 aliphatic carbocycles. The molecule has 1 N–H and O–H groups in total. The molecule has 0 unspecified atom stereocenters. The van der Waals surface area contributed by atoms with E-state index in [1.165, 1.54) is 30.5 Å². The fourth-order valence-corrected chi connectivity index (χ4v) is 3.89. The molecule has 1 aromatic heterocycles. The number of aromatic nitrogens is 1. The summed E-state index contributed by atoms with van der Waals surface area (Å²) in [5.74, 6) is -1.14. The minimum absolute atomic E-state index is 0.0135. The van der Waals surface area contributed by atoms with Gasteiger partial charge in [0.15, 0.2) is 5.78 Å². The van der Waals surface area contributed by atoms with Crippen LogP contribution < -0.4 is 10.7 Å². The summed E-state index contributed by atoms with van der Waals surface area (Å²) >= 11 is 0. The molecule has 0 radical (unpaired) electrons. The molecule has 0 aliphatic rings. The molecular formula is C28H25FN2O3. The van der Waals surface area contributed by atoms with Crippen LogP contribution in [-0.2, 0) is 24.2 Å². The van der Waals surface area contributed by atoms with Crippen LogP contribution in [0.25, 0.3) is 10.9 Å². The van der Waals surface area contributed by atoms with Crippen molar-refractivity contribution in [2.24, 2.45) is 0 Å². The first-order valence-electron chi connectivity index (χ1n) is 11.2. The molecule has 0 saturated heterocycles. The summed E-state index contributed by atoms with van der Waals surface area (Å²) in [7, 11) is 0. The average molecular weight is 457 g/mol. The normalized spacial score (nSPS) is 10.9. The van der Waals surface area contributed by atoms with Crippen LogP contribution in [0.3, 0.4) is 0 Å². The molecule has 0 spiro atoms. The van der Waals surface area contributed by atoms with Crippen LogP contribution in [0.1, 0.15) is 40.9 Å². The summed E-state index contributed by atoms with van der Waals surface area (Å²) in [6, 6.07) is 18.1. The Hall–Kier alpha value is -4.06. The Morgan fingerprint density at radius 3 is 2.18 bits per heavy atom. The monoisotopic (exact) mass is 456 g/mol. The highest BCUT2D eigenvalue weighted by molar-refractivity contribution is 6.10. The van der Waals surface area contributed by atoms with Crippen LogP contribution in [0.2, 0.25) is 0 Å². The summed E-state index contributed by atoms with van der Waals surface area (Å²) < 4.78 is 14.8. The van der Waals surface area contributed by atoms with Gasteiger partial charge in [0.05, 0.1) is 11.1 Å². The van der Waals surface area contributed by atoms with Crippen molar-refractivity contribution in [3.63, 3.8) is 0 Å². The van der Waals surface area contributed by atoms with Gasteiger partial charge in [-0.2, -0.15) is 0 Å². The van der Waals surface area contributed by atoms with Crippen molar-refractivity contribution in [1.29, 1.82) is 0 Å². The predicted octanol–water partition coefficient (Wildman–Crippen LogP) is 5.14. The van der Waals surface area contributed by atoms with Crippen LogP contribution >= 0.6 is 0 Å². The fraction of sp³-hybridized carbons (Fsp3) is 0.179. The van der Waals surface area contributed by atoms with Gasteiger partial charge < -0.3 is 9.88 Å². The number of nitrogens with zero attached hydrogens (tertiary/aromatic N) is 1. The third-order valence-electron chi connectivity index (χ3n) is 5.86. The number of aryl methyl sites for hydroxylation is 2. The minimum Gasteiger partial charge on any atom is -0.337 e. The third kappa shape index (κ3) is 4.81. The second-order valence-corrected chi connectivity index (χ2v) is 8.14. The molecule has 0 atom stereocenters. The molecule has 34 heavy (non-hydrogen) atoms. The molecule has 1 amide bonds. The first-order chi connectivity index (χ1) is 16.4. The fourth-order valence-electron chi connectivity index (χ4n) is 3.89. The Bertz CT molecular complexity index is 1420. The van der Waals surface area contributed by atoms with Crippen molar-refractivity contribution in [3.05, 3.63) is 111 Å². The van der Waals surface area contributed by atoms with Gasteiger partial charge in [-0.15, -0.1) is 0 Å². The lowest BCUT2D eigenvalue weighted by Crippen LogP contribution is -2.24. The number of fused-ring (bicyclic) bond motifs is 1. The van der Waals surface area contributed by atoms with Crippen LogP contribution in [0.4, 0.5) is 10.1 Å². The van der Waals surface area contributed by atoms with E-state index >= 15 is 0 Å². The molecule has 3 aromatic carbocycles. The molecule has 4 rings (SSSR count). The predicted molar refractivity (Wildman–Crippen MR) is 132 cm³/mol. The van der Waals surface area contributed by atoms with E-state index < -0.39 is 5.82 Å². The first-order valence-corrected chi connectivity index (χ1v) is 11.2.